The fourth-order valence-corrected chi connectivity index (χ4v) is 2.42. The maximum absolute atomic E-state index is 13.3. The molecule has 0 amide bonds. The van der Waals surface area contributed by atoms with Gasteiger partial charge in [-0.1, -0.05) is 11.6 Å². The second-order valence-electron chi connectivity index (χ2n) is 4.49. The van der Waals surface area contributed by atoms with Crippen LogP contribution >= 0.6 is 27.5 Å². The van der Waals surface area contributed by atoms with Crippen LogP contribution in [-0.4, -0.2) is 9.97 Å². The standard InChI is InChI=1S/C13H10BrClFN3/c14-11-6-12(19-13(18-11)7-1-2-7)17-10-4-8(15)3-9(16)5-10/h3-7H,1-2H2,(H,17,18,19). The van der Waals surface area contributed by atoms with Crippen molar-refractivity contribution in [2.45, 2.75) is 18.8 Å². The van der Waals surface area contributed by atoms with Gasteiger partial charge in [-0.15, -0.1) is 0 Å². The summed E-state index contributed by atoms with van der Waals surface area (Å²) in [7, 11) is 0. The minimum absolute atomic E-state index is 0.345. The molecule has 0 radical (unpaired) electrons. The highest BCUT2D eigenvalue weighted by Crippen LogP contribution is 2.39. The summed E-state index contributed by atoms with van der Waals surface area (Å²) in [4.78, 5) is 8.77. The summed E-state index contributed by atoms with van der Waals surface area (Å²) in [5.41, 5.74) is 0.567. The van der Waals surface area contributed by atoms with Crippen molar-refractivity contribution in [1.29, 1.82) is 0 Å². The van der Waals surface area contributed by atoms with E-state index in [0.717, 1.165) is 23.3 Å². The van der Waals surface area contributed by atoms with Gasteiger partial charge in [-0.05, 0) is 47.0 Å². The lowest BCUT2D eigenvalue weighted by molar-refractivity contribution is 0.628. The van der Waals surface area contributed by atoms with E-state index in [1.807, 2.05) is 0 Å². The van der Waals surface area contributed by atoms with Gasteiger partial charge < -0.3 is 5.32 Å². The Kier molecular flexibility index (Phi) is 3.41. The maximum atomic E-state index is 13.3. The van der Waals surface area contributed by atoms with E-state index < -0.39 is 0 Å². The molecule has 1 aliphatic carbocycles. The molecule has 0 unspecified atom stereocenters. The Bertz CT molecular complexity index is 611. The zero-order valence-corrected chi connectivity index (χ0v) is 12.2. The van der Waals surface area contributed by atoms with Crippen molar-refractivity contribution in [3.05, 3.63) is 45.5 Å². The van der Waals surface area contributed by atoms with Crippen LogP contribution in [0.25, 0.3) is 0 Å². The van der Waals surface area contributed by atoms with Crippen molar-refractivity contribution in [1.82, 2.24) is 9.97 Å². The lowest BCUT2D eigenvalue weighted by Crippen LogP contribution is -2.00. The van der Waals surface area contributed by atoms with Crippen molar-refractivity contribution in [3.8, 4) is 0 Å². The van der Waals surface area contributed by atoms with E-state index in [9.17, 15) is 4.39 Å². The van der Waals surface area contributed by atoms with Crippen LogP contribution in [0.5, 0.6) is 0 Å². The molecular formula is C13H10BrClFN3. The number of rotatable bonds is 3. The fraction of sp³-hybridized carbons (Fsp3) is 0.231. The molecule has 1 aliphatic rings. The number of halogens is 3. The molecule has 1 saturated carbocycles. The summed E-state index contributed by atoms with van der Waals surface area (Å²) in [5.74, 6) is 1.52. The molecule has 1 aromatic carbocycles. The van der Waals surface area contributed by atoms with E-state index >= 15 is 0 Å². The molecule has 0 aliphatic heterocycles. The van der Waals surface area contributed by atoms with Gasteiger partial charge in [0.05, 0.1) is 0 Å². The molecular weight excluding hydrogens is 333 g/mol. The van der Waals surface area contributed by atoms with E-state index in [0.29, 0.717) is 22.4 Å². The van der Waals surface area contributed by atoms with Crippen LogP contribution < -0.4 is 5.32 Å². The second-order valence-corrected chi connectivity index (χ2v) is 5.74. The van der Waals surface area contributed by atoms with Crippen LogP contribution in [0, 0.1) is 5.82 Å². The van der Waals surface area contributed by atoms with Gasteiger partial charge in [0.1, 0.15) is 22.1 Å². The first-order chi connectivity index (χ1) is 9.10. The third-order valence-corrected chi connectivity index (χ3v) is 3.41. The summed E-state index contributed by atoms with van der Waals surface area (Å²) in [6, 6.07) is 6.04. The van der Waals surface area contributed by atoms with E-state index in [2.05, 4.69) is 31.2 Å². The molecule has 19 heavy (non-hydrogen) atoms. The Morgan fingerprint density at radius 3 is 2.68 bits per heavy atom. The summed E-state index contributed by atoms with van der Waals surface area (Å²) < 4.78 is 14.0. The predicted octanol–water partition coefficient (Wildman–Crippen LogP) is 4.65. The van der Waals surface area contributed by atoms with Crippen LogP contribution in [0.15, 0.2) is 28.9 Å². The third-order valence-electron chi connectivity index (χ3n) is 2.79. The van der Waals surface area contributed by atoms with Crippen molar-refractivity contribution >= 4 is 39.0 Å². The van der Waals surface area contributed by atoms with Gasteiger partial charge in [0.15, 0.2) is 0 Å². The Hall–Kier alpha value is -1.20. The average molecular weight is 343 g/mol. The lowest BCUT2D eigenvalue weighted by atomic mass is 10.3. The van der Waals surface area contributed by atoms with Crippen LogP contribution in [0.3, 0.4) is 0 Å². The Morgan fingerprint density at radius 2 is 2.00 bits per heavy atom. The molecule has 0 atom stereocenters. The highest BCUT2D eigenvalue weighted by Gasteiger charge is 2.27. The SMILES string of the molecule is Fc1cc(Cl)cc(Nc2cc(Br)nc(C3CC3)n2)c1. The minimum atomic E-state index is -0.384. The molecule has 3 rings (SSSR count). The van der Waals surface area contributed by atoms with Gasteiger partial charge in [0, 0.05) is 22.7 Å². The first-order valence-corrected chi connectivity index (χ1v) is 7.05. The molecule has 1 heterocycles. The van der Waals surface area contributed by atoms with E-state index in [1.165, 1.54) is 12.1 Å². The van der Waals surface area contributed by atoms with Crippen molar-refractivity contribution in [2.24, 2.45) is 0 Å². The number of hydrogen-bond donors (Lipinski definition) is 1. The summed E-state index contributed by atoms with van der Waals surface area (Å²) >= 11 is 9.18. The zero-order valence-electron chi connectivity index (χ0n) is 9.83. The molecule has 1 fully saturated rings. The zero-order chi connectivity index (χ0) is 13.4. The molecule has 3 nitrogen and oxygen atoms in total. The largest absolute Gasteiger partial charge is 0.340 e. The van der Waals surface area contributed by atoms with Crippen molar-refractivity contribution in [3.63, 3.8) is 0 Å². The molecule has 0 bridgehead atoms. The normalized spacial score (nSPS) is 14.5. The monoisotopic (exact) mass is 341 g/mol. The topological polar surface area (TPSA) is 37.8 Å². The molecule has 2 aromatic rings. The smallest absolute Gasteiger partial charge is 0.135 e. The van der Waals surface area contributed by atoms with Crippen molar-refractivity contribution in [2.75, 3.05) is 5.32 Å². The molecule has 6 heteroatoms. The summed E-state index contributed by atoms with van der Waals surface area (Å²) in [6.07, 6.45) is 2.25. The van der Waals surface area contributed by atoms with Crippen LogP contribution in [0.1, 0.15) is 24.6 Å². The van der Waals surface area contributed by atoms with Gasteiger partial charge in [-0.3, -0.25) is 0 Å². The fourth-order valence-electron chi connectivity index (χ4n) is 1.80. The molecule has 1 aromatic heterocycles. The van der Waals surface area contributed by atoms with Crippen LogP contribution in [0.4, 0.5) is 15.9 Å². The number of anilines is 2. The Balaban J connectivity index is 1.89. The van der Waals surface area contributed by atoms with E-state index in [4.69, 9.17) is 11.6 Å². The number of nitrogens with zero attached hydrogens (tertiary/aromatic N) is 2. The van der Waals surface area contributed by atoms with Crippen LogP contribution in [-0.2, 0) is 0 Å². The minimum Gasteiger partial charge on any atom is -0.340 e. The van der Waals surface area contributed by atoms with Gasteiger partial charge in [0.2, 0.25) is 0 Å². The average Bonchev–Trinajstić information content (AvgIpc) is 3.09. The third kappa shape index (κ3) is 3.22. The van der Waals surface area contributed by atoms with E-state index in [-0.39, 0.29) is 5.82 Å². The predicted molar refractivity (Wildman–Crippen MR) is 76.4 cm³/mol. The number of nitrogens with one attached hydrogen (secondary N) is 1. The highest BCUT2D eigenvalue weighted by atomic mass is 79.9. The first kappa shape index (κ1) is 12.8. The van der Waals surface area contributed by atoms with Crippen LogP contribution in [0.2, 0.25) is 5.02 Å². The molecule has 1 N–H and O–H groups in total. The lowest BCUT2D eigenvalue weighted by Gasteiger charge is -2.08. The summed E-state index contributed by atoms with van der Waals surface area (Å²) in [5, 5.41) is 3.39. The summed E-state index contributed by atoms with van der Waals surface area (Å²) in [6.45, 7) is 0. The first-order valence-electron chi connectivity index (χ1n) is 5.88. The van der Waals surface area contributed by atoms with Gasteiger partial charge in [-0.25, -0.2) is 14.4 Å². The van der Waals surface area contributed by atoms with Gasteiger partial charge >= 0.3 is 0 Å². The highest BCUT2D eigenvalue weighted by molar-refractivity contribution is 9.10. The number of hydrogen-bond acceptors (Lipinski definition) is 3. The quantitative estimate of drug-likeness (QED) is 0.825. The number of benzene rings is 1. The molecule has 0 saturated heterocycles. The van der Waals surface area contributed by atoms with Gasteiger partial charge in [-0.2, -0.15) is 0 Å². The maximum Gasteiger partial charge on any atom is 0.135 e. The number of aromatic nitrogens is 2. The van der Waals surface area contributed by atoms with Gasteiger partial charge in [0.25, 0.3) is 0 Å². The van der Waals surface area contributed by atoms with E-state index in [1.54, 1.807) is 12.1 Å². The molecule has 0 spiro atoms. The second kappa shape index (κ2) is 5.06. The molecule has 98 valence electrons. The van der Waals surface area contributed by atoms with Crippen molar-refractivity contribution < 1.29 is 4.39 Å². The Morgan fingerprint density at radius 1 is 1.21 bits per heavy atom. The Labute approximate surface area is 123 Å².